The Labute approximate surface area is 140 Å². The normalized spacial score (nSPS) is 25.8. The topological polar surface area (TPSA) is 41.4 Å². The Morgan fingerprint density at radius 3 is 2.65 bits per heavy atom. The SMILES string of the molecule is Cc1nn(C)c2sc(C(=O)N3CCC[C@H]3[C@@H]3CCCN3C)cc12. The first kappa shape index (κ1) is 15.1. The van der Waals surface area contributed by atoms with Gasteiger partial charge in [-0.3, -0.25) is 9.48 Å². The highest BCUT2D eigenvalue weighted by atomic mass is 32.1. The molecule has 23 heavy (non-hydrogen) atoms. The molecule has 4 rings (SSSR count). The minimum Gasteiger partial charge on any atom is -0.333 e. The van der Waals surface area contributed by atoms with E-state index in [9.17, 15) is 4.79 Å². The lowest BCUT2D eigenvalue weighted by atomic mass is 10.0. The van der Waals surface area contributed by atoms with Crippen molar-refractivity contribution in [3.63, 3.8) is 0 Å². The van der Waals surface area contributed by atoms with Crippen molar-refractivity contribution in [3.05, 3.63) is 16.6 Å². The molecule has 0 aromatic carbocycles. The smallest absolute Gasteiger partial charge is 0.264 e. The van der Waals surface area contributed by atoms with Crippen LogP contribution in [0.25, 0.3) is 10.2 Å². The third-order valence-corrected chi connectivity index (χ3v) is 6.68. The van der Waals surface area contributed by atoms with Crippen LogP contribution in [0.1, 0.15) is 41.0 Å². The summed E-state index contributed by atoms with van der Waals surface area (Å²) in [5.41, 5.74) is 1.01. The average Bonchev–Trinajstić information content (AvgIpc) is 3.26. The molecule has 2 atom stereocenters. The van der Waals surface area contributed by atoms with Gasteiger partial charge in [-0.2, -0.15) is 5.10 Å². The number of likely N-dealkylation sites (tertiary alicyclic amines) is 2. The first-order valence-electron chi connectivity index (χ1n) is 8.50. The summed E-state index contributed by atoms with van der Waals surface area (Å²) in [6.45, 7) is 4.08. The quantitative estimate of drug-likeness (QED) is 0.849. The number of carbonyl (C=O) groups excluding carboxylic acids is 1. The van der Waals surface area contributed by atoms with Crippen LogP contribution in [0.2, 0.25) is 0 Å². The van der Waals surface area contributed by atoms with Crippen LogP contribution >= 0.6 is 11.3 Å². The first-order chi connectivity index (χ1) is 11.1. The molecule has 2 aromatic rings. The summed E-state index contributed by atoms with van der Waals surface area (Å²) in [6, 6.07) is 2.97. The molecular weight excluding hydrogens is 308 g/mol. The lowest BCUT2D eigenvalue weighted by molar-refractivity contribution is 0.0669. The summed E-state index contributed by atoms with van der Waals surface area (Å²) in [5, 5.41) is 5.55. The molecule has 2 fully saturated rings. The fourth-order valence-electron chi connectivity index (χ4n) is 4.32. The summed E-state index contributed by atoms with van der Waals surface area (Å²) < 4.78 is 1.89. The predicted octanol–water partition coefficient (Wildman–Crippen LogP) is 2.64. The van der Waals surface area contributed by atoms with Crippen LogP contribution in [0.4, 0.5) is 0 Å². The Morgan fingerprint density at radius 2 is 1.96 bits per heavy atom. The average molecular weight is 332 g/mol. The van der Waals surface area contributed by atoms with E-state index in [0.29, 0.717) is 12.1 Å². The molecule has 0 aliphatic carbocycles. The number of aromatic nitrogens is 2. The van der Waals surface area contributed by atoms with Gasteiger partial charge in [-0.05, 0) is 52.3 Å². The minimum absolute atomic E-state index is 0.216. The van der Waals surface area contributed by atoms with Gasteiger partial charge in [-0.1, -0.05) is 0 Å². The highest BCUT2D eigenvalue weighted by Gasteiger charge is 2.39. The Hall–Kier alpha value is -1.40. The summed E-state index contributed by atoms with van der Waals surface area (Å²) >= 11 is 1.58. The Morgan fingerprint density at radius 1 is 1.22 bits per heavy atom. The standard InChI is InChI=1S/C17H24N4OS/c1-11-12-10-15(23-17(12)20(3)18-11)16(22)21-9-5-7-14(21)13-6-4-8-19(13)2/h10,13-14H,4-9H2,1-3H3/t13-,14-/m0/s1. The van der Waals surface area contributed by atoms with E-state index in [2.05, 4.69) is 21.9 Å². The van der Waals surface area contributed by atoms with E-state index in [0.717, 1.165) is 46.7 Å². The van der Waals surface area contributed by atoms with E-state index >= 15 is 0 Å². The monoisotopic (exact) mass is 332 g/mol. The van der Waals surface area contributed by atoms with Crippen molar-refractivity contribution in [2.24, 2.45) is 7.05 Å². The van der Waals surface area contributed by atoms with Crippen molar-refractivity contribution in [1.82, 2.24) is 19.6 Å². The van der Waals surface area contributed by atoms with Gasteiger partial charge in [0.05, 0.1) is 10.6 Å². The van der Waals surface area contributed by atoms with Gasteiger partial charge >= 0.3 is 0 Å². The van der Waals surface area contributed by atoms with E-state index in [1.807, 2.05) is 24.7 Å². The largest absolute Gasteiger partial charge is 0.333 e. The minimum atomic E-state index is 0.216. The van der Waals surface area contributed by atoms with Gasteiger partial charge in [0.15, 0.2) is 0 Å². The third-order valence-electron chi connectivity index (χ3n) is 5.49. The molecule has 0 spiro atoms. The van der Waals surface area contributed by atoms with Crippen molar-refractivity contribution in [2.75, 3.05) is 20.1 Å². The molecule has 124 valence electrons. The van der Waals surface area contributed by atoms with Gasteiger partial charge < -0.3 is 9.80 Å². The fraction of sp³-hybridized carbons (Fsp3) is 0.647. The zero-order valence-corrected chi connectivity index (χ0v) is 14.9. The molecule has 6 heteroatoms. The van der Waals surface area contributed by atoms with Crippen molar-refractivity contribution in [3.8, 4) is 0 Å². The van der Waals surface area contributed by atoms with Crippen molar-refractivity contribution >= 4 is 27.5 Å². The second-order valence-corrected chi connectivity index (χ2v) is 7.97. The zero-order chi connectivity index (χ0) is 16.1. The summed E-state index contributed by atoms with van der Waals surface area (Å²) in [5.74, 6) is 0.216. The Kier molecular flexibility index (Phi) is 3.69. The van der Waals surface area contributed by atoms with E-state index in [4.69, 9.17) is 0 Å². The molecule has 2 saturated heterocycles. The van der Waals surface area contributed by atoms with Gasteiger partial charge in [0, 0.05) is 31.1 Å². The molecule has 2 aliphatic heterocycles. The van der Waals surface area contributed by atoms with Gasteiger partial charge in [0.1, 0.15) is 4.83 Å². The maximum atomic E-state index is 13.1. The number of hydrogen-bond donors (Lipinski definition) is 0. The van der Waals surface area contributed by atoms with Crippen molar-refractivity contribution in [1.29, 1.82) is 0 Å². The number of likely N-dealkylation sites (N-methyl/N-ethyl adjacent to an activating group) is 1. The van der Waals surface area contributed by atoms with Crippen LogP contribution in [0.5, 0.6) is 0 Å². The number of carbonyl (C=O) groups is 1. The zero-order valence-electron chi connectivity index (χ0n) is 14.1. The third kappa shape index (κ3) is 2.39. The molecule has 0 unspecified atom stereocenters. The molecule has 2 aliphatic rings. The number of hydrogen-bond acceptors (Lipinski definition) is 4. The molecular formula is C17H24N4OS. The molecule has 0 bridgehead atoms. The highest BCUT2D eigenvalue weighted by molar-refractivity contribution is 7.20. The van der Waals surface area contributed by atoms with Crippen LogP contribution in [0.3, 0.4) is 0 Å². The van der Waals surface area contributed by atoms with E-state index < -0.39 is 0 Å². The summed E-state index contributed by atoms with van der Waals surface area (Å²) in [7, 11) is 4.15. The van der Waals surface area contributed by atoms with Gasteiger partial charge in [0.25, 0.3) is 5.91 Å². The highest BCUT2D eigenvalue weighted by Crippen LogP contribution is 2.33. The summed E-state index contributed by atoms with van der Waals surface area (Å²) in [4.78, 5) is 19.6. The molecule has 2 aromatic heterocycles. The maximum Gasteiger partial charge on any atom is 0.264 e. The molecule has 0 N–H and O–H groups in total. The predicted molar refractivity (Wildman–Crippen MR) is 93.0 cm³/mol. The number of fused-ring (bicyclic) bond motifs is 1. The second-order valence-electron chi connectivity index (χ2n) is 6.94. The number of amides is 1. The van der Waals surface area contributed by atoms with Crippen LogP contribution in [0.15, 0.2) is 6.07 Å². The molecule has 4 heterocycles. The maximum absolute atomic E-state index is 13.1. The van der Waals surface area contributed by atoms with Gasteiger partial charge in [0.2, 0.25) is 0 Å². The van der Waals surface area contributed by atoms with Crippen LogP contribution < -0.4 is 0 Å². The number of aryl methyl sites for hydroxylation is 2. The number of rotatable bonds is 2. The second kappa shape index (κ2) is 5.60. The lowest BCUT2D eigenvalue weighted by Gasteiger charge is -2.33. The first-order valence-corrected chi connectivity index (χ1v) is 9.32. The fourth-order valence-corrected chi connectivity index (χ4v) is 5.40. The number of thiophene rings is 1. The molecule has 0 saturated carbocycles. The van der Waals surface area contributed by atoms with Crippen molar-refractivity contribution < 1.29 is 4.79 Å². The molecule has 1 amide bonds. The molecule has 0 radical (unpaired) electrons. The number of nitrogens with zero attached hydrogens (tertiary/aromatic N) is 4. The molecule has 5 nitrogen and oxygen atoms in total. The lowest BCUT2D eigenvalue weighted by Crippen LogP contribution is -2.46. The Balaban J connectivity index is 1.62. The van der Waals surface area contributed by atoms with Crippen molar-refractivity contribution in [2.45, 2.75) is 44.7 Å². The van der Waals surface area contributed by atoms with Crippen LogP contribution in [-0.2, 0) is 7.05 Å². The van der Waals surface area contributed by atoms with Gasteiger partial charge in [-0.15, -0.1) is 11.3 Å². The van der Waals surface area contributed by atoms with E-state index in [1.165, 1.54) is 12.8 Å². The van der Waals surface area contributed by atoms with E-state index in [-0.39, 0.29) is 5.91 Å². The van der Waals surface area contributed by atoms with Gasteiger partial charge in [-0.25, -0.2) is 0 Å². The van der Waals surface area contributed by atoms with Crippen LogP contribution in [-0.4, -0.2) is 57.7 Å². The Bertz CT molecular complexity index is 715. The van der Waals surface area contributed by atoms with E-state index in [1.54, 1.807) is 11.3 Å². The summed E-state index contributed by atoms with van der Waals surface area (Å²) in [6.07, 6.45) is 4.76. The van der Waals surface area contributed by atoms with Crippen LogP contribution in [0, 0.1) is 6.92 Å².